The van der Waals surface area contributed by atoms with Crippen LogP contribution in [0.2, 0.25) is 0 Å². The number of ether oxygens (including phenoxy) is 2. The van der Waals surface area contributed by atoms with Crippen LogP contribution in [0.1, 0.15) is 30.1 Å². The van der Waals surface area contributed by atoms with Crippen molar-refractivity contribution in [2.75, 3.05) is 6.61 Å². The molecule has 6 heteroatoms. The molecule has 0 bridgehead atoms. The van der Waals surface area contributed by atoms with Crippen LogP contribution in [0.3, 0.4) is 0 Å². The molecule has 134 valence electrons. The van der Waals surface area contributed by atoms with Crippen molar-refractivity contribution in [2.45, 2.75) is 19.8 Å². The molecule has 0 unspecified atom stereocenters. The highest BCUT2D eigenvalue weighted by Gasteiger charge is 2.21. The van der Waals surface area contributed by atoms with Crippen molar-refractivity contribution in [2.24, 2.45) is 0 Å². The van der Waals surface area contributed by atoms with E-state index < -0.39 is 11.8 Å². The molecule has 6 nitrogen and oxygen atoms in total. The van der Waals surface area contributed by atoms with Gasteiger partial charge >= 0.3 is 5.97 Å². The van der Waals surface area contributed by atoms with E-state index in [-0.39, 0.29) is 18.1 Å². The van der Waals surface area contributed by atoms with Crippen molar-refractivity contribution >= 4 is 16.7 Å². The molecule has 0 aliphatic carbocycles. The average molecular weight is 353 g/mol. The molecule has 26 heavy (non-hydrogen) atoms. The maximum absolute atomic E-state index is 12.4. The second kappa shape index (κ2) is 7.74. The van der Waals surface area contributed by atoms with E-state index in [1.165, 1.54) is 0 Å². The van der Waals surface area contributed by atoms with Gasteiger partial charge in [0.2, 0.25) is 11.8 Å². The summed E-state index contributed by atoms with van der Waals surface area (Å²) >= 11 is 0. The van der Waals surface area contributed by atoms with Gasteiger partial charge in [-0.2, -0.15) is 4.98 Å². The number of pyridine rings is 1. The number of fused-ring (bicyclic) bond motifs is 1. The van der Waals surface area contributed by atoms with Gasteiger partial charge in [0.05, 0.1) is 6.61 Å². The zero-order chi connectivity index (χ0) is 18.5. The van der Waals surface area contributed by atoms with E-state index in [0.717, 1.165) is 12.8 Å². The minimum absolute atomic E-state index is 0.0904. The topological polar surface area (TPSA) is 88.9 Å². The monoisotopic (exact) mass is 353 g/mol. The van der Waals surface area contributed by atoms with E-state index in [4.69, 9.17) is 9.47 Å². The molecule has 3 rings (SSSR count). The first-order valence-corrected chi connectivity index (χ1v) is 8.36. The second-order valence-electron chi connectivity index (χ2n) is 5.75. The first-order chi connectivity index (χ1) is 12.6. The summed E-state index contributed by atoms with van der Waals surface area (Å²) in [5.74, 6) is -0.551. The molecule has 1 aromatic heterocycles. The molecule has 0 atom stereocenters. The van der Waals surface area contributed by atoms with Gasteiger partial charge in [0.15, 0.2) is 0 Å². The number of aromatic nitrogens is 1. The second-order valence-corrected chi connectivity index (χ2v) is 5.75. The van der Waals surface area contributed by atoms with E-state index >= 15 is 0 Å². The lowest BCUT2D eigenvalue weighted by Crippen LogP contribution is -2.08. The van der Waals surface area contributed by atoms with Gasteiger partial charge in [-0.15, -0.1) is 0 Å². The minimum atomic E-state index is -0.690. The highest BCUT2D eigenvalue weighted by Crippen LogP contribution is 2.35. The van der Waals surface area contributed by atoms with Crippen molar-refractivity contribution in [3.63, 3.8) is 0 Å². The Bertz CT molecular complexity index is 924. The molecule has 0 aliphatic rings. The Kier molecular flexibility index (Phi) is 5.22. The number of carbonyl (C=O) groups is 1. The van der Waals surface area contributed by atoms with Crippen LogP contribution in [-0.2, 0) is 4.74 Å². The molecule has 2 N–H and O–H groups in total. The smallest absolute Gasteiger partial charge is 0.344 e. The van der Waals surface area contributed by atoms with E-state index in [9.17, 15) is 15.0 Å². The van der Waals surface area contributed by atoms with Crippen molar-refractivity contribution in [1.29, 1.82) is 0 Å². The largest absolute Gasteiger partial charge is 0.493 e. The van der Waals surface area contributed by atoms with Crippen LogP contribution in [0.15, 0.2) is 48.5 Å². The van der Waals surface area contributed by atoms with Crippen LogP contribution in [0, 0.1) is 0 Å². The van der Waals surface area contributed by atoms with E-state index in [1.807, 2.05) is 25.1 Å². The number of aromatic hydroxyl groups is 2. The first-order valence-electron chi connectivity index (χ1n) is 8.36. The molecule has 1 heterocycles. The fourth-order valence-corrected chi connectivity index (χ4v) is 2.53. The maximum atomic E-state index is 12.4. The molecule has 0 radical (unpaired) electrons. The lowest BCUT2D eigenvalue weighted by atomic mass is 10.1. The maximum Gasteiger partial charge on any atom is 0.344 e. The van der Waals surface area contributed by atoms with Gasteiger partial charge in [-0.1, -0.05) is 31.5 Å². The van der Waals surface area contributed by atoms with Gasteiger partial charge in [-0.05, 0) is 36.8 Å². The van der Waals surface area contributed by atoms with E-state index in [2.05, 4.69) is 4.98 Å². The van der Waals surface area contributed by atoms with Gasteiger partial charge in [-0.3, -0.25) is 0 Å². The zero-order valence-corrected chi connectivity index (χ0v) is 14.3. The van der Waals surface area contributed by atoms with Crippen LogP contribution in [-0.4, -0.2) is 27.8 Å². The van der Waals surface area contributed by atoms with E-state index in [0.29, 0.717) is 22.3 Å². The molecular formula is C20H19NO5. The lowest BCUT2D eigenvalue weighted by Gasteiger charge is -2.12. The summed E-state index contributed by atoms with van der Waals surface area (Å²) in [6.07, 6.45) is 1.60. The quantitative estimate of drug-likeness (QED) is 0.504. The number of para-hydroxylation sites is 1. The molecule has 0 fully saturated rings. The summed E-state index contributed by atoms with van der Waals surface area (Å²) in [7, 11) is 0. The van der Waals surface area contributed by atoms with Crippen LogP contribution >= 0.6 is 0 Å². The summed E-state index contributed by atoms with van der Waals surface area (Å²) < 4.78 is 11.0. The summed E-state index contributed by atoms with van der Waals surface area (Å²) in [5, 5.41) is 20.7. The van der Waals surface area contributed by atoms with Gasteiger partial charge < -0.3 is 19.7 Å². The number of unbranched alkanes of at least 4 members (excludes halogenated alkanes) is 1. The Hall–Kier alpha value is -3.28. The Morgan fingerprint density at radius 2 is 1.77 bits per heavy atom. The van der Waals surface area contributed by atoms with Crippen LogP contribution in [0.25, 0.3) is 10.8 Å². The van der Waals surface area contributed by atoms with Crippen molar-refractivity contribution in [3.05, 3.63) is 54.1 Å². The SMILES string of the molecule is CCCCOC(=O)c1c(O)nc(O)c2ccc(Oc3ccccc3)cc12. The number of hydrogen-bond acceptors (Lipinski definition) is 6. The van der Waals surface area contributed by atoms with E-state index in [1.54, 1.807) is 30.3 Å². The average Bonchev–Trinajstić information content (AvgIpc) is 2.62. The zero-order valence-electron chi connectivity index (χ0n) is 14.3. The third kappa shape index (κ3) is 3.69. The number of carbonyl (C=O) groups excluding carboxylic acids is 1. The number of esters is 1. The van der Waals surface area contributed by atoms with Gasteiger partial charge in [-0.25, -0.2) is 4.79 Å². The normalized spacial score (nSPS) is 10.7. The van der Waals surface area contributed by atoms with Gasteiger partial charge in [0.1, 0.15) is 17.1 Å². The standard InChI is InChI=1S/C20H19NO5/c1-2-3-11-25-20(24)17-16-12-14(26-13-7-5-4-6-8-13)9-10-15(16)18(22)21-19(17)23/h4-10,12H,2-3,11H2,1H3,(H2,21,22,23). The molecule has 3 aromatic rings. The third-order valence-electron chi connectivity index (χ3n) is 3.85. The Labute approximate surface area is 150 Å². The van der Waals surface area contributed by atoms with Crippen LogP contribution < -0.4 is 4.74 Å². The van der Waals surface area contributed by atoms with Crippen molar-refractivity contribution in [3.8, 4) is 23.3 Å². The molecule has 0 spiro atoms. The summed E-state index contributed by atoms with van der Waals surface area (Å²) in [5.41, 5.74) is -0.0904. The third-order valence-corrected chi connectivity index (χ3v) is 3.85. The Balaban J connectivity index is 2.02. The van der Waals surface area contributed by atoms with Crippen LogP contribution in [0.4, 0.5) is 0 Å². The van der Waals surface area contributed by atoms with Crippen molar-refractivity contribution < 1.29 is 24.5 Å². The number of rotatable bonds is 6. The first kappa shape index (κ1) is 17.5. The molecule has 0 saturated heterocycles. The van der Waals surface area contributed by atoms with Crippen LogP contribution in [0.5, 0.6) is 23.3 Å². The molecule has 2 aromatic carbocycles. The molecular weight excluding hydrogens is 334 g/mol. The summed E-state index contributed by atoms with van der Waals surface area (Å²) in [6.45, 7) is 2.23. The van der Waals surface area contributed by atoms with Gasteiger partial charge in [0, 0.05) is 10.8 Å². The number of benzene rings is 2. The highest BCUT2D eigenvalue weighted by atomic mass is 16.5. The van der Waals surface area contributed by atoms with Crippen molar-refractivity contribution in [1.82, 2.24) is 4.98 Å². The Morgan fingerprint density at radius 3 is 2.50 bits per heavy atom. The molecule has 0 amide bonds. The predicted molar refractivity (Wildman–Crippen MR) is 96.8 cm³/mol. The predicted octanol–water partition coefficient (Wildman–Crippen LogP) is 4.40. The minimum Gasteiger partial charge on any atom is -0.493 e. The Morgan fingerprint density at radius 1 is 1.00 bits per heavy atom. The molecule has 0 saturated carbocycles. The number of nitrogens with zero attached hydrogens (tertiary/aromatic N) is 1. The summed E-state index contributed by atoms with van der Waals surface area (Å²) in [4.78, 5) is 16.0. The highest BCUT2D eigenvalue weighted by molar-refractivity contribution is 6.08. The number of hydrogen-bond donors (Lipinski definition) is 2. The fourth-order valence-electron chi connectivity index (χ4n) is 2.53. The lowest BCUT2D eigenvalue weighted by molar-refractivity contribution is 0.0498. The molecule has 0 aliphatic heterocycles. The summed E-state index contributed by atoms with van der Waals surface area (Å²) in [6, 6.07) is 14.0. The fraction of sp³-hybridized carbons (Fsp3) is 0.200. The van der Waals surface area contributed by atoms with Gasteiger partial charge in [0.25, 0.3) is 0 Å².